The number of para-hydroxylation sites is 1. The number of nitrogens with one attached hydrogen (secondary N) is 1. The Hall–Kier alpha value is -2.57. The van der Waals surface area contributed by atoms with Gasteiger partial charge in [-0.2, -0.15) is 0 Å². The Balaban J connectivity index is 0.977. The number of fused-ring (bicyclic) bond motifs is 3. The molecular formula is C34H43ClN4O. The van der Waals surface area contributed by atoms with E-state index in [1.165, 1.54) is 71.8 Å². The second-order valence-corrected chi connectivity index (χ2v) is 12.0. The van der Waals surface area contributed by atoms with E-state index in [0.717, 1.165) is 62.9 Å². The van der Waals surface area contributed by atoms with Gasteiger partial charge in [-0.25, -0.2) is 0 Å². The molecule has 3 aromatic carbocycles. The smallest absolute Gasteiger partial charge is 0.138 e. The molecule has 2 fully saturated rings. The lowest BCUT2D eigenvalue weighted by Crippen LogP contribution is -2.37. The zero-order valence-electron chi connectivity index (χ0n) is 23.9. The van der Waals surface area contributed by atoms with E-state index in [2.05, 4.69) is 87.3 Å². The molecule has 0 amide bonds. The number of rotatable bonds is 11. The van der Waals surface area contributed by atoms with Crippen molar-refractivity contribution in [3.8, 4) is 5.75 Å². The maximum atomic E-state index is 6.64. The van der Waals surface area contributed by atoms with E-state index in [1.54, 1.807) is 0 Å². The molecule has 2 aliphatic heterocycles. The zero-order valence-corrected chi connectivity index (χ0v) is 24.6. The fraction of sp³-hybridized carbons (Fsp3) is 0.471. The van der Waals surface area contributed by atoms with Gasteiger partial charge in [0, 0.05) is 54.5 Å². The van der Waals surface area contributed by atoms with Gasteiger partial charge < -0.3 is 19.5 Å². The number of aryl methyl sites for hydroxylation is 1. The fourth-order valence-electron chi connectivity index (χ4n) is 6.58. The molecule has 0 saturated carbocycles. The third kappa shape index (κ3) is 6.33. The van der Waals surface area contributed by atoms with E-state index in [0.29, 0.717) is 0 Å². The summed E-state index contributed by atoms with van der Waals surface area (Å²) in [5.74, 6) is 0.815. The van der Waals surface area contributed by atoms with Gasteiger partial charge in [0.15, 0.2) is 0 Å². The molecule has 0 atom stereocenters. The Morgan fingerprint density at radius 3 is 2.42 bits per heavy atom. The summed E-state index contributed by atoms with van der Waals surface area (Å²) in [5.41, 5.74) is 5.25. The Kier molecular flexibility index (Phi) is 8.93. The van der Waals surface area contributed by atoms with Crippen LogP contribution in [0.3, 0.4) is 0 Å². The van der Waals surface area contributed by atoms with E-state index >= 15 is 0 Å². The summed E-state index contributed by atoms with van der Waals surface area (Å²) in [5, 5.41) is 7.00. The number of likely N-dealkylation sites (tertiary alicyclic amines) is 2. The van der Waals surface area contributed by atoms with Crippen molar-refractivity contribution < 1.29 is 4.74 Å². The van der Waals surface area contributed by atoms with E-state index in [1.807, 2.05) is 0 Å². The first-order valence-electron chi connectivity index (χ1n) is 15.3. The van der Waals surface area contributed by atoms with Crippen LogP contribution in [0.15, 0.2) is 60.7 Å². The van der Waals surface area contributed by atoms with Crippen molar-refractivity contribution in [1.29, 1.82) is 0 Å². The van der Waals surface area contributed by atoms with Crippen molar-refractivity contribution in [1.82, 2.24) is 19.7 Å². The molecule has 6 rings (SSSR count). The van der Waals surface area contributed by atoms with Crippen LogP contribution in [-0.2, 0) is 19.6 Å². The van der Waals surface area contributed by atoms with Gasteiger partial charge in [-0.05, 0) is 107 Å². The van der Waals surface area contributed by atoms with Crippen molar-refractivity contribution in [2.45, 2.75) is 64.8 Å². The van der Waals surface area contributed by atoms with E-state index in [9.17, 15) is 0 Å². The third-order valence-corrected chi connectivity index (χ3v) is 9.03. The first-order valence-corrected chi connectivity index (χ1v) is 15.7. The highest BCUT2D eigenvalue weighted by Gasteiger charge is 2.22. The van der Waals surface area contributed by atoms with Crippen molar-refractivity contribution >= 4 is 33.4 Å². The van der Waals surface area contributed by atoms with Gasteiger partial charge in [-0.1, -0.05) is 41.9 Å². The SMILES string of the molecule is CCn1c2ccccc2c2cc(CN3CCC(Oc4ccc(CNCCCN5CCCC5)cc4Cl)CC3)ccc21. The summed E-state index contributed by atoms with van der Waals surface area (Å²) in [4.78, 5) is 5.13. The monoisotopic (exact) mass is 558 g/mol. The van der Waals surface area contributed by atoms with Gasteiger partial charge in [0.05, 0.1) is 5.02 Å². The Morgan fingerprint density at radius 2 is 1.62 bits per heavy atom. The molecule has 2 aliphatic rings. The lowest BCUT2D eigenvalue weighted by molar-refractivity contribution is 0.0969. The van der Waals surface area contributed by atoms with Crippen LogP contribution in [0, 0.1) is 0 Å². The second kappa shape index (κ2) is 12.9. The summed E-state index contributed by atoms with van der Waals surface area (Å²) in [7, 11) is 0. The Bertz CT molecular complexity index is 1420. The topological polar surface area (TPSA) is 32.7 Å². The molecule has 6 heteroatoms. The molecule has 1 N–H and O–H groups in total. The largest absolute Gasteiger partial charge is 0.489 e. The normalized spacial score (nSPS) is 17.4. The minimum Gasteiger partial charge on any atom is -0.489 e. The van der Waals surface area contributed by atoms with Crippen LogP contribution in [0.4, 0.5) is 0 Å². The molecule has 0 spiro atoms. The first-order chi connectivity index (χ1) is 19.7. The first kappa shape index (κ1) is 27.6. The zero-order chi connectivity index (χ0) is 27.3. The van der Waals surface area contributed by atoms with Crippen LogP contribution in [0.1, 0.15) is 50.2 Å². The quantitative estimate of drug-likeness (QED) is 0.199. The van der Waals surface area contributed by atoms with Crippen LogP contribution in [-0.4, -0.2) is 59.7 Å². The molecule has 40 heavy (non-hydrogen) atoms. The summed E-state index contributed by atoms with van der Waals surface area (Å²) in [6.07, 6.45) is 6.19. The Labute approximate surface area is 244 Å². The molecule has 2 saturated heterocycles. The van der Waals surface area contributed by atoms with Crippen molar-refractivity contribution in [3.05, 3.63) is 76.8 Å². The number of aromatic nitrogens is 1. The van der Waals surface area contributed by atoms with E-state index in [-0.39, 0.29) is 6.10 Å². The summed E-state index contributed by atoms with van der Waals surface area (Å²) < 4.78 is 8.79. The van der Waals surface area contributed by atoms with Crippen LogP contribution < -0.4 is 10.1 Å². The van der Waals surface area contributed by atoms with Crippen LogP contribution >= 0.6 is 11.6 Å². The summed E-state index contributed by atoms with van der Waals surface area (Å²) >= 11 is 6.64. The predicted octanol–water partition coefficient (Wildman–Crippen LogP) is 7.09. The highest BCUT2D eigenvalue weighted by atomic mass is 35.5. The standard InChI is InChI=1S/C34H43ClN4O/c1-2-39-32-9-4-3-8-29(32)30-22-27(10-12-33(30)39)25-38-20-14-28(15-21-38)40-34-13-11-26(23-31(34)35)24-36-16-7-19-37-17-5-6-18-37/h3-4,8-13,22-23,28,36H,2,5-7,14-21,24-25H2,1H3. The van der Waals surface area contributed by atoms with Gasteiger partial charge >= 0.3 is 0 Å². The molecule has 0 bridgehead atoms. The van der Waals surface area contributed by atoms with Gasteiger partial charge in [-0.15, -0.1) is 0 Å². The Morgan fingerprint density at radius 1 is 0.850 bits per heavy atom. The highest BCUT2D eigenvalue weighted by Crippen LogP contribution is 2.31. The van der Waals surface area contributed by atoms with Crippen molar-refractivity contribution in [3.63, 3.8) is 0 Å². The number of nitrogens with zero attached hydrogens (tertiary/aromatic N) is 3. The predicted molar refractivity (Wildman–Crippen MR) is 167 cm³/mol. The molecule has 4 aromatic rings. The molecule has 0 radical (unpaired) electrons. The van der Waals surface area contributed by atoms with Gasteiger partial charge in [0.1, 0.15) is 11.9 Å². The lowest BCUT2D eigenvalue weighted by atomic mass is 10.1. The van der Waals surface area contributed by atoms with E-state index < -0.39 is 0 Å². The molecule has 212 valence electrons. The number of benzene rings is 3. The number of hydrogen-bond acceptors (Lipinski definition) is 4. The molecule has 0 unspecified atom stereocenters. The average Bonchev–Trinajstić information content (AvgIpc) is 3.61. The van der Waals surface area contributed by atoms with Gasteiger partial charge in [0.25, 0.3) is 0 Å². The number of hydrogen-bond donors (Lipinski definition) is 1. The highest BCUT2D eigenvalue weighted by molar-refractivity contribution is 6.32. The van der Waals surface area contributed by atoms with Crippen molar-refractivity contribution in [2.75, 3.05) is 39.3 Å². The number of piperidine rings is 1. The maximum absolute atomic E-state index is 6.64. The molecule has 5 nitrogen and oxygen atoms in total. The molecular weight excluding hydrogens is 516 g/mol. The van der Waals surface area contributed by atoms with Crippen LogP contribution in [0.2, 0.25) is 5.02 Å². The second-order valence-electron chi connectivity index (χ2n) is 11.6. The average molecular weight is 559 g/mol. The number of ether oxygens (including phenoxy) is 1. The minimum atomic E-state index is 0.216. The number of halogens is 1. The molecule has 3 heterocycles. The maximum Gasteiger partial charge on any atom is 0.138 e. The van der Waals surface area contributed by atoms with Crippen molar-refractivity contribution in [2.24, 2.45) is 0 Å². The van der Waals surface area contributed by atoms with Gasteiger partial charge in [0.2, 0.25) is 0 Å². The van der Waals surface area contributed by atoms with Crippen LogP contribution in [0.25, 0.3) is 21.8 Å². The van der Waals surface area contributed by atoms with Gasteiger partial charge in [-0.3, -0.25) is 4.90 Å². The van der Waals surface area contributed by atoms with Crippen LogP contribution in [0.5, 0.6) is 5.75 Å². The summed E-state index contributed by atoms with van der Waals surface area (Å²) in [6.45, 7) is 11.9. The van der Waals surface area contributed by atoms with E-state index in [4.69, 9.17) is 16.3 Å². The fourth-order valence-corrected chi connectivity index (χ4v) is 6.83. The minimum absolute atomic E-state index is 0.216. The molecule has 0 aliphatic carbocycles. The lowest BCUT2D eigenvalue weighted by Gasteiger charge is -2.32. The summed E-state index contributed by atoms with van der Waals surface area (Å²) in [6, 6.07) is 22.0. The molecule has 1 aromatic heterocycles. The third-order valence-electron chi connectivity index (χ3n) is 8.74.